The van der Waals surface area contributed by atoms with Crippen LogP contribution in [-0.4, -0.2) is 50.1 Å². The molecule has 29 heavy (non-hydrogen) atoms. The summed E-state index contributed by atoms with van der Waals surface area (Å²) in [4.78, 5) is 18.0. The van der Waals surface area contributed by atoms with Gasteiger partial charge < -0.3 is 9.64 Å². The van der Waals surface area contributed by atoms with E-state index < -0.39 is 0 Å². The van der Waals surface area contributed by atoms with Crippen molar-refractivity contribution in [2.45, 2.75) is 57.5 Å². The van der Waals surface area contributed by atoms with Gasteiger partial charge in [-0.05, 0) is 47.9 Å². The first-order chi connectivity index (χ1) is 14.3. The number of fused-ring (bicyclic) bond motifs is 2. The number of hydrogen-bond acceptors (Lipinski definition) is 7. The van der Waals surface area contributed by atoms with Gasteiger partial charge in [0.2, 0.25) is 11.9 Å². The Hall–Kier alpha value is -2.97. The van der Waals surface area contributed by atoms with E-state index in [0.29, 0.717) is 31.7 Å². The second-order valence-electron chi connectivity index (χ2n) is 7.91. The molecule has 1 aromatic heterocycles. The fourth-order valence-corrected chi connectivity index (χ4v) is 4.33. The van der Waals surface area contributed by atoms with Crippen molar-refractivity contribution in [1.29, 1.82) is 0 Å². The Bertz CT molecular complexity index is 933. The summed E-state index contributed by atoms with van der Waals surface area (Å²) in [5.41, 5.74) is 1.96. The van der Waals surface area contributed by atoms with Crippen LogP contribution in [0.4, 0.5) is 5.69 Å². The van der Waals surface area contributed by atoms with E-state index in [4.69, 9.17) is 4.74 Å². The van der Waals surface area contributed by atoms with Gasteiger partial charge in [-0.15, -0.1) is 5.10 Å². The topological polar surface area (TPSA) is 97.5 Å². The van der Waals surface area contributed by atoms with Crippen LogP contribution in [0.1, 0.15) is 56.0 Å². The number of nitrogens with one attached hydrogen (secondary N) is 1. The van der Waals surface area contributed by atoms with Crippen LogP contribution in [0.3, 0.4) is 0 Å². The fraction of sp³-hybridized carbons (Fsp3) is 0.550. The third-order valence-corrected chi connectivity index (χ3v) is 5.82. The number of carbonyl (C=O) groups is 1. The van der Waals surface area contributed by atoms with E-state index in [1.54, 1.807) is 0 Å². The summed E-state index contributed by atoms with van der Waals surface area (Å²) < 4.78 is 7.99. The first-order valence-electron chi connectivity index (χ1n) is 10.4. The molecular formula is C20H25N7O2. The molecule has 1 amide bonds. The van der Waals surface area contributed by atoms with Gasteiger partial charge >= 0.3 is 0 Å². The van der Waals surface area contributed by atoms with Crippen LogP contribution in [0, 0.1) is 0 Å². The number of nitrogens with zero attached hydrogens (tertiary/aromatic N) is 6. The van der Waals surface area contributed by atoms with Crippen molar-refractivity contribution in [1.82, 2.24) is 30.4 Å². The number of ether oxygens (including phenoxy) is 1. The Morgan fingerprint density at radius 1 is 1.17 bits per heavy atom. The van der Waals surface area contributed by atoms with Crippen LogP contribution in [-0.2, 0) is 17.8 Å². The molecule has 0 atom stereocenters. The number of rotatable bonds is 6. The van der Waals surface area contributed by atoms with Crippen LogP contribution >= 0.6 is 0 Å². The van der Waals surface area contributed by atoms with Gasteiger partial charge in [-0.25, -0.2) is 9.67 Å². The summed E-state index contributed by atoms with van der Waals surface area (Å²) in [7, 11) is 0. The molecule has 9 heteroatoms. The summed E-state index contributed by atoms with van der Waals surface area (Å²) in [5, 5.41) is 15.1. The number of aliphatic imine (C=N–C) groups is 1. The van der Waals surface area contributed by atoms with Gasteiger partial charge in [0.05, 0.1) is 18.3 Å². The highest BCUT2D eigenvalue weighted by molar-refractivity contribution is 6.05. The maximum absolute atomic E-state index is 11.6. The van der Waals surface area contributed by atoms with E-state index in [2.05, 4.69) is 25.8 Å². The second kappa shape index (κ2) is 7.81. The minimum Gasteiger partial charge on any atom is -0.494 e. The smallest absolute Gasteiger partial charge is 0.246 e. The van der Waals surface area contributed by atoms with Gasteiger partial charge in [0.1, 0.15) is 12.3 Å². The molecule has 0 spiro atoms. The van der Waals surface area contributed by atoms with E-state index in [9.17, 15) is 4.79 Å². The van der Waals surface area contributed by atoms with Crippen molar-refractivity contribution < 1.29 is 9.53 Å². The Labute approximate surface area is 169 Å². The predicted molar refractivity (Wildman–Crippen MR) is 106 cm³/mol. The number of hydrogen-bond donors (Lipinski definition) is 1. The molecule has 152 valence electrons. The molecule has 2 aliphatic heterocycles. The highest BCUT2D eigenvalue weighted by atomic mass is 16.5. The molecule has 1 saturated heterocycles. The highest BCUT2D eigenvalue weighted by Gasteiger charge is 2.29. The van der Waals surface area contributed by atoms with Crippen molar-refractivity contribution in [2.75, 3.05) is 13.2 Å². The lowest BCUT2D eigenvalue weighted by Gasteiger charge is -2.23. The van der Waals surface area contributed by atoms with E-state index >= 15 is 0 Å². The molecule has 5 rings (SSSR count). The Kier molecular flexibility index (Phi) is 4.87. The van der Waals surface area contributed by atoms with Crippen molar-refractivity contribution in [3.63, 3.8) is 0 Å². The standard InChI is InChI=1S/C20H25N7O2/c28-19-13-26-12-14-11-16(8-9-17(14)21-20(26)22-19)29-10-4-7-18-23-24-25-27(18)15-5-2-1-3-6-15/h8-9,11,15H,1-7,10,12-13H2,(H,21,22,28). The number of carbonyl (C=O) groups excluding carboxylic acids is 1. The van der Waals surface area contributed by atoms with Gasteiger partial charge in [0.15, 0.2) is 5.82 Å². The molecule has 3 heterocycles. The van der Waals surface area contributed by atoms with Crippen molar-refractivity contribution in [2.24, 2.45) is 4.99 Å². The molecule has 2 fully saturated rings. The number of guanidine groups is 1. The van der Waals surface area contributed by atoms with E-state index in [1.165, 1.54) is 32.1 Å². The first kappa shape index (κ1) is 18.1. The second-order valence-corrected chi connectivity index (χ2v) is 7.91. The van der Waals surface area contributed by atoms with Crippen LogP contribution in [0.25, 0.3) is 0 Å². The van der Waals surface area contributed by atoms with Gasteiger partial charge in [0, 0.05) is 18.5 Å². The van der Waals surface area contributed by atoms with Crippen molar-refractivity contribution >= 4 is 17.6 Å². The maximum Gasteiger partial charge on any atom is 0.246 e. The number of aromatic nitrogens is 4. The van der Waals surface area contributed by atoms with Gasteiger partial charge in [0.25, 0.3) is 0 Å². The lowest BCUT2D eigenvalue weighted by atomic mass is 9.95. The Morgan fingerprint density at radius 2 is 2.07 bits per heavy atom. The van der Waals surface area contributed by atoms with Crippen molar-refractivity contribution in [3.8, 4) is 5.75 Å². The van der Waals surface area contributed by atoms with Crippen LogP contribution in [0.5, 0.6) is 5.75 Å². The molecule has 0 bridgehead atoms. The molecule has 2 aromatic rings. The monoisotopic (exact) mass is 395 g/mol. The largest absolute Gasteiger partial charge is 0.494 e. The molecular weight excluding hydrogens is 370 g/mol. The molecule has 0 unspecified atom stereocenters. The predicted octanol–water partition coefficient (Wildman–Crippen LogP) is 2.12. The summed E-state index contributed by atoms with van der Waals surface area (Å²) in [6.45, 7) is 1.63. The molecule has 1 aromatic carbocycles. The van der Waals surface area contributed by atoms with E-state index in [0.717, 1.165) is 35.7 Å². The summed E-state index contributed by atoms with van der Waals surface area (Å²) in [6, 6.07) is 6.35. The first-order valence-corrected chi connectivity index (χ1v) is 10.4. The van der Waals surface area contributed by atoms with Gasteiger partial charge in [-0.1, -0.05) is 19.3 Å². The molecule has 9 nitrogen and oxygen atoms in total. The van der Waals surface area contributed by atoms with E-state index in [-0.39, 0.29) is 5.91 Å². The normalized spacial score (nSPS) is 18.8. The third-order valence-electron chi connectivity index (χ3n) is 5.82. The number of tetrazole rings is 1. The zero-order valence-electron chi connectivity index (χ0n) is 16.4. The number of aryl methyl sites for hydroxylation is 1. The van der Waals surface area contributed by atoms with Crippen molar-refractivity contribution in [3.05, 3.63) is 29.6 Å². The summed E-state index contributed by atoms with van der Waals surface area (Å²) in [5.74, 6) is 2.42. The summed E-state index contributed by atoms with van der Waals surface area (Å²) in [6.07, 6.45) is 7.86. The van der Waals surface area contributed by atoms with E-state index in [1.807, 2.05) is 27.8 Å². The average Bonchev–Trinajstić information content (AvgIpc) is 3.35. The molecule has 3 aliphatic rings. The SMILES string of the molecule is O=C1CN2Cc3cc(OCCCc4nnnn4C4CCCCC4)ccc3N=C2N1. The summed E-state index contributed by atoms with van der Waals surface area (Å²) >= 11 is 0. The minimum absolute atomic E-state index is 0.0106. The van der Waals surface area contributed by atoms with Gasteiger partial charge in [-0.2, -0.15) is 0 Å². The molecule has 0 radical (unpaired) electrons. The maximum atomic E-state index is 11.6. The highest BCUT2D eigenvalue weighted by Crippen LogP contribution is 2.31. The Morgan fingerprint density at radius 3 is 2.97 bits per heavy atom. The molecule has 1 saturated carbocycles. The number of amides is 1. The lowest BCUT2D eigenvalue weighted by molar-refractivity contribution is -0.118. The van der Waals surface area contributed by atoms with Crippen LogP contribution < -0.4 is 10.1 Å². The molecule has 1 N–H and O–H groups in total. The minimum atomic E-state index is -0.0106. The average molecular weight is 395 g/mol. The van der Waals surface area contributed by atoms with Gasteiger partial charge in [-0.3, -0.25) is 10.1 Å². The quantitative estimate of drug-likeness (QED) is 0.753. The zero-order valence-corrected chi connectivity index (χ0v) is 16.4. The fourth-order valence-electron chi connectivity index (χ4n) is 4.33. The molecule has 1 aliphatic carbocycles. The van der Waals surface area contributed by atoms with Crippen LogP contribution in [0.2, 0.25) is 0 Å². The lowest BCUT2D eigenvalue weighted by Crippen LogP contribution is -2.31. The van der Waals surface area contributed by atoms with Crippen LogP contribution in [0.15, 0.2) is 23.2 Å². The third kappa shape index (κ3) is 3.81. The zero-order chi connectivity index (χ0) is 19.6. The number of benzene rings is 1. The Balaban J connectivity index is 1.15.